The van der Waals surface area contributed by atoms with Crippen molar-refractivity contribution >= 4 is 11.7 Å². The Hall–Kier alpha value is -1.51. The molecule has 1 aromatic rings. The number of anilines is 1. The molecule has 3 nitrogen and oxygen atoms in total. The maximum Gasteiger partial charge on any atom is 0.340 e. The van der Waals surface area contributed by atoms with Gasteiger partial charge in [0.05, 0.1) is 17.9 Å². The summed E-state index contributed by atoms with van der Waals surface area (Å²) in [6, 6.07) is 7.99. The minimum absolute atomic E-state index is 0.197. The predicted molar refractivity (Wildman–Crippen MR) is 131 cm³/mol. The van der Waals surface area contributed by atoms with E-state index in [0.29, 0.717) is 12.2 Å². The number of rotatable bonds is 19. The molecule has 1 aromatic carbocycles. The van der Waals surface area contributed by atoms with Crippen LogP contribution in [-0.4, -0.2) is 25.7 Å². The molecule has 0 aliphatic carbocycles. The fourth-order valence-electron chi connectivity index (χ4n) is 4.00. The summed E-state index contributed by atoms with van der Waals surface area (Å²) in [7, 11) is 0. The molecule has 0 saturated carbocycles. The van der Waals surface area contributed by atoms with Gasteiger partial charge in [-0.15, -0.1) is 0 Å². The second-order valence-corrected chi connectivity index (χ2v) is 8.47. The van der Waals surface area contributed by atoms with Crippen LogP contribution >= 0.6 is 0 Å². The lowest BCUT2D eigenvalue weighted by molar-refractivity contribution is 0.0527. The molecule has 0 amide bonds. The number of ether oxygens (including phenoxy) is 1. The Bertz CT molecular complexity index is 525. The summed E-state index contributed by atoms with van der Waals surface area (Å²) in [5.74, 6) is -0.197. The first-order chi connectivity index (χ1) is 14.7. The van der Waals surface area contributed by atoms with E-state index in [0.717, 1.165) is 18.8 Å². The highest BCUT2D eigenvalue weighted by atomic mass is 16.5. The summed E-state index contributed by atoms with van der Waals surface area (Å²) in [5.41, 5.74) is 1.76. The van der Waals surface area contributed by atoms with Gasteiger partial charge in [-0.3, -0.25) is 0 Å². The highest BCUT2D eigenvalue weighted by Gasteiger charge is 2.16. The number of esters is 1. The van der Waals surface area contributed by atoms with Crippen LogP contribution in [0.15, 0.2) is 24.3 Å². The number of hydrogen-bond donors (Lipinski definition) is 0. The topological polar surface area (TPSA) is 29.5 Å². The van der Waals surface area contributed by atoms with Crippen LogP contribution in [-0.2, 0) is 4.74 Å². The van der Waals surface area contributed by atoms with Crippen LogP contribution in [0.2, 0.25) is 0 Å². The van der Waals surface area contributed by atoms with Crippen molar-refractivity contribution < 1.29 is 9.53 Å². The third kappa shape index (κ3) is 11.6. The summed E-state index contributed by atoms with van der Waals surface area (Å²) in [5, 5.41) is 0. The molecular weight excluding hydrogens is 370 g/mol. The van der Waals surface area contributed by atoms with Gasteiger partial charge >= 0.3 is 5.97 Å². The predicted octanol–water partition coefficient (Wildman–Crippen LogP) is 8.17. The van der Waals surface area contributed by atoms with Crippen molar-refractivity contribution in [3.63, 3.8) is 0 Å². The molecular formula is C27H47NO2. The third-order valence-corrected chi connectivity index (χ3v) is 5.80. The van der Waals surface area contributed by atoms with Crippen LogP contribution in [0, 0.1) is 0 Å². The molecule has 0 saturated heterocycles. The van der Waals surface area contributed by atoms with Crippen LogP contribution in [0.5, 0.6) is 0 Å². The SMILES string of the molecule is CCCCCCCCCN(CCCCCCCCC)c1ccccc1C(=O)OCC. The average molecular weight is 418 g/mol. The van der Waals surface area contributed by atoms with E-state index in [9.17, 15) is 4.79 Å². The quantitative estimate of drug-likeness (QED) is 0.168. The fraction of sp³-hybridized carbons (Fsp3) is 0.741. The zero-order valence-electron chi connectivity index (χ0n) is 20.1. The lowest BCUT2D eigenvalue weighted by atomic mass is 10.1. The highest BCUT2D eigenvalue weighted by Crippen LogP contribution is 2.23. The Morgan fingerprint density at radius 3 is 1.67 bits per heavy atom. The number of carbonyl (C=O) groups excluding carboxylic acids is 1. The molecule has 1 rings (SSSR count). The van der Waals surface area contributed by atoms with E-state index in [2.05, 4.69) is 24.8 Å². The molecule has 0 N–H and O–H groups in total. The Morgan fingerprint density at radius 2 is 1.17 bits per heavy atom. The van der Waals surface area contributed by atoms with Crippen molar-refractivity contribution in [3.8, 4) is 0 Å². The second-order valence-electron chi connectivity index (χ2n) is 8.47. The molecule has 0 spiro atoms. The zero-order valence-corrected chi connectivity index (χ0v) is 20.1. The monoisotopic (exact) mass is 417 g/mol. The van der Waals surface area contributed by atoms with Crippen molar-refractivity contribution in [1.82, 2.24) is 0 Å². The van der Waals surface area contributed by atoms with Crippen LogP contribution in [0.3, 0.4) is 0 Å². The summed E-state index contributed by atoms with van der Waals surface area (Å²) in [6.45, 7) is 8.88. The van der Waals surface area contributed by atoms with E-state index in [1.54, 1.807) is 0 Å². The lowest BCUT2D eigenvalue weighted by Crippen LogP contribution is -2.28. The lowest BCUT2D eigenvalue weighted by Gasteiger charge is -2.27. The molecule has 30 heavy (non-hydrogen) atoms. The first-order valence-corrected chi connectivity index (χ1v) is 12.8. The summed E-state index contributed by atoms with van der Waals surface area (Å²) < 4.78 is 5.31. The van der Waals surface area contributed by atoms with Gasteiger partial charge in [0.1, 0.15) is 0 Å². The van der Waals surface area contributed by atoms with Crippen molar-refractivity contribution in [3.05, 3.63) is 29.8 Å². The minimum Gasteiger partial charge on any atom is -0.462 e. The molecule has 0 bridgehead atoms. The summed E-state index contributed by atoms with van der Waals surface area (Å²) >= 11 is 0. The minimum atomic E-state index is -0.197. The van der Waals surface area contributed by atoms with E-state index in [1.165, 1.54) is 89.9 Å². The van der Waals surface area contributed by atoms with Gasteiger partial charge in [-0.25, -0.2) is 4.79 Å². The Labute approximate surface area is 186 Å². The van der Waals surface area contributed by atoms with Gasteiger partial charge in [-0.1, -0.05) is 103 Å². The Balaban J connectivity index is 2.60. The average Bonchev–Trinajstić information content (AvgIpc) is 2.76. The van der Waals surface area contributed by atoms with E-state index in [1.807, 2.05) is 25.1 Å². The maximum absolute atomic E-state index is 12.5. The van der Waals surface area contributed by atoms with E-state index < -0.39 is 0 Å². The van der Waals surface area contributed by atoms with Crippen LogP contribution in [0.1, 0.15) is 121 Å². The molecule has 0 heterocycles. The Kier molecular flexibility index (Phi) is 16.2. The van der Waals surface area contributed by atoms with Crippen molar-refractivity contribution in [1.29, 1.82) is 0 Å². The van der Waals surface area contributed by atoms with Crippen LogP contribution in [0.25, 0.3) is 0 Å². The molecule has 172 valence electrons. The van der Waals surface area contributed by atoms with Gasteiger partial charge < -0.3 is 9.64 Å². The van der Waals surface area contributed by atoms with Crippen molar-refractivity contribution in [2.45, 2.75) is 111 Å². The van der Waals surface area contributed by atoms with Gasteiger partial charge in [0.2, 0.25) is 0 Å². The third-order valence-electron chi connectivity index (χ3n) is 5.80. The first-order valence-electron chi connectivity index (χ1n) is 12.8. The normalized spacial score (nSPS) is 10.9. The first kappa shape index (κ1) is 26.5. The molecule has 0 aromatic heterocycles. The molecule has 0 atom stereocenters. The molecule has 0 aliphatic heterocycles. The number of para-hydroxylation sites is 1. The number of nitrogens with zero attached hydrogens (tertiary/aromatic N) is 1. The van der Waals surface area contributed by atoms with Crippen molar-refractivity contribution in [2.75, 3.05) is 24.6 Å². The highest BCUT2D eigenvalue weighted by molar-refractivity contribution is 5.95. The molecule has 0 radical (unpaired) electrons. The van der Waals surface area contributed by atoms with Crippen LogP contribution in [0.4, 0.5) is 5.69 Å². The van der Waals surface area contributed by atoms with E-state index in [-0.39, 0.29) is 5.97 Å². The Morgan fingerprint density at radius 1 is 0.700 bits per heavy atom. The van der Waals surface area contributed by atoms with Gasteiger partial charge in [0.25, 0.3) is 0 Å². The number of benzene rings is 1. The maximum atomic E-state index is 12.5. The number of hydrogen-bond acceptors (Lipinski definition) is 3. The largest absolute Gasteiger partial charge is 0.462 e. The molecule has 0 unspecified atom stereocenters. The van der Waals surface area contributed by atoms with Crippen LogP contribution < -0.4 is 4.90 Å². The van der Waals surface area contributed by atoms with E-state index >= 15 is 0 Å². The fourth-order valence-corrected chi connectivity index (χ4v) is 4.00. The van der Waals surface area contributed by atoms with Gasteiger partial charge in [-0.2, -0.15) is 0 Å². The standard InChI is InChI=1S/C27H47NO2/c1-4-7-9-11-13-15-19-23-28(24-20-16-14-12-10-8-5-2)26-22-18-17-21-25(26)27(29)30-6-3/h17-18,21-22H,4-16,19-20,23-24H2,1-3H3. The summed E-state index contributed by atoms with van der Waals surface area (Å²) in [4.78, 5) is 14.9. The summed E-state index contributed by atoms with van der Waals surface area (Å²) in [6.07, 6.45) is 18.3. The number of carbonyl (C=O) groups is 1. The van der Waals surface area contributed by atoms with Gasteiger partial charge in [0, 0.05) is 13.1 Å². The van der Waals surface area contributed by atoms with Crippen molar-refractivity contribution in [2.24, 2.45) is 0 Å². The molecule has 3 heteroatoms. The van der Waals surface area contributed by atoms with Gasteiger partial charge in [-0.05, 0) is 31.9 Å². The molecule has 0 fully saturated rings. The van der Waals surface area contributed by atoms with Gasteiger partial charge in [0.15, 0.2) is 0 Å². The zero-order chi connectivity index (χ0) is 21.9. The number of unbranched alkanes of at least 4 members (excludes halogenated alkanes) is 12. The van der Waals surface area contributed by atoms with E-state index in [4.69, 9.17) is 4.74 Å². The second kappa shape index (κ2) is 18.3. The smallest absolute Gasteiger partial charge is 0.340 e. The molecule has 0 aliphatic rings.